The molecular formula is C15H18Cl2N2O2. The number of hydrogen-bond donors (Lipinski definition) is 1. The summed E-state index contributed by atoms with van der Waals surface area (Å²) < 4.78 is 0. The maximum absolute atomic E-state index is 12.3. The van der Waals surface area contributed by atoms with Gasteiger partial charge in [0, 0.05) is 23.5 Å². The SMILES string of the molecule is CC(C)(C)N1C[C@@H](C(=O)Nc2cc(Cl)ccc2Cl)CC1=O. The van der Waals surface area contributed by atoms with Crippen molar-refractivity contribution >= 4 is 40.7 Å². The fourth-order valence-corrected chi connectivity index (χ4v) is 2.70. The largest absolute Gasteiger partial charge is 0.337 e. The number of nitrogens with one attached hydrogen (secondary N) is 1. The molecule has 2 rings (SSSR count). The smallest absolute Gasteiger partial charge is 0.229 e. The third-order valence-electron chi connectivity index (χ3n) is 3.49. The highest BCUT2D eigenvalue weighted by atomic mass is 35.5. The second-order valence-electron chi connectivity index (χ2n) is 6.19. The highest BCUT2D eigenvalue weighted by molar-refractivity contribution is 6.35. The van der Waals surface area contributed by atoms with Crippen molar-refractivity contribution in [3.05, 3.63) is 28.2 Å². The van der Waals surface area contributed by atoms with Gasteiger partial charge in [0.2, 0.25) is 11.8 Å². The van der Waals surface area contributed by atoms with Crippen molar-refractivity contribution in [1.29, 1.82) is 0 Å². The molecule has 0 aliphatic carbocycles. The Morgan fingerprint density at radius 3 is 2.57 bits per heavy atom. The van der Waals surface area contributed by atoms with Gasteiger partial charge in [0.15, 0.2) is 0 Å². The first-order valence-electron chi connectivity index (χ1n) is 6.75. The molecule has 0 bridgehead atoms. The summed E-state index contributed by atoms with van der Waals surface area (Å²) in [5.74, 6) is -0.578. The number of halogens is 2. The molecule has 1 fully saturated rings. The van der Waals surface area contributed by atoms with E-state index in [2.05, 4.69) is 5.32 Å². The van der Waals surface area contributed by atoms with E-state index in [0.29, 0.717) is 22.3 Å². The summed E-state index contributed by atoms with van der Waals surface area (Å²) in [7, 11) is 0. The van der Waals surface area contributed by atoms with Gasteiger partial charge < -0.3 is 10.2 Å². The summed E-state index contributed by atoms with van der Waals surface area (Å²) in [5, 5.41) is 3.67. The van der Waals surface area contributed by atoms with Crippen LogP contribution in [0.2, 0.25) is 10.0 Å². The van der Waals surface area contributed by atoms with Gasteiger partial charge in [0.25, 0.3) is 0 Å². The minimum atomic E-state index is -0.369. The number of carbonyl (C=O) groups is 2. The first-order valence-corrected chi connectivity index (χ1v) is 7.50. The first-order chi connectivity index (χ1) is 9.68. The molecule has 6 heteroatoms. The van der Waals surface area contributed by atoms with E-state index in [9.17, 15) is 9.59 Å². The molecule has 1 saturated heterocycles. The van der Waals surface area contributed by atoms with E-state index in [0.717, 1.165) is 0 Å². The van der Waals surface area contributed by atoms with Crippen molar-refractivity contribution in [2.45, 2.75) is 32.7 Å². The Bertz CT molecular complexity index is 582. The summed E-state index contributed by atoms with van der Waals surface area (Å²) in [6.45, 7) is 6.30. The van der Waals surface area contributed by atoms with Crippen molar-refractivity contribution in [3.8, 4) is 0 Å². The summed E-state index contributed by atoms with van der Waals surface area (Å²) in [6, 6.07) is 4.88. The fourth-order valence-electron chi connectivity index (χ4n) is 2.36. The molecule has 0 aromatic heterocycles. The van der Waals surface area contributed by atoms with Gasteiger partial charge in [-0.1, -0.05) is 23.2 Å². The number of hydrogen-bond acceptors (Lipinski definition) is 2. The van der Waals surface area contributed by atoms with Gasteiger partial charge in [-0.15, -0.1) is 0 Å². The average molecular weight is 329 g/mol. The topological polar surface area (TPSA) is 49.4 Å². The molecule has 1 aromatic rings. The molecule has 4 nitrogen and oxygen atoms in total. The van der Waals surface area contributed by atoms with Crippen molar-refractivity contribution in [1.82, 2.24) is 4.90 Å². The van der Waals surface area contributed by atoms with Crippen LogP contribution in [0, 0.1) is 5.92 Å². The molecule has 1 heterocycles. The monoisotopic (exact) mass is 328 g/mol. The molecule has 1 aromatic carbocycles. The van der Waals surface area contributed by atoms with Crippen LogP contribution in [0.15, 0.2) is 18.2 Å². The molecule has 1 aliphatic rings. The van der Waals surface area contributed by atoms with Crippen LogP contribution in [0.25, 0.3) is 0 Å². The molecule has 21 heavy (non-hydrogen) atoms. The Labute approximate surface area is 134 Å². The van der Waals surface area contributed by atoms with Gasteiger partial charge in [-0.05, 0) is 39.0 Å². The minimum Gasteiger partial charge on any atom is -0.337 e. The van der Waals surface area contributed by atoms with Crippen LogP contribution in [0.4, 0.5) is 5.69 Å². The number of likely N-dealkylation sites (tertiary alicyclic amines) is 1. The van der Waals surface area contributed by atoms with Crippen molar-refractivity contribution in [3.63, 3.8) is 0 Å². The molecule has 2 amide bonds. The molecule has 0 unspecified atom stereocenters. The Morgan fingerprint density at radius 1 is 1.33 bits per heavy atom. The molecular weight excluding hydrogens is 311 g/mol. The minimum absolute atomic E-state index is 0.000147. The molecule has 1 N–H and O–H groups in total. The summed E-state index contributed by atoms with van der Waals surface area (Å²) in [6.07, 6.45) is 0.224. The zero-order chi connectivity index (χ0) is 15.8. The highest BCUT2D eigenvalue weighted by Gasteiger charge is 2.39. The van der Waals surface area contributed by atoms with Gasteiger partial charge in [0.1, 0.15) is 0 Å². The zero-order valence-corrected chi connectivity index (χ0v) is 13.8. The number of nitrogens with zero attached hydrogens (tertiary/aromatic N) is 1. The second kappa shape index (κ2) is 5.85. The van der Waals surface area contributed by atoms with Crippen molar-refractivity contribution in [2.75, 3.05) is 11.9 Å². The normalized spacial score (nSPS) is 19.0. The molecule has 1 aliphatic heterocycles. The maximum atomic E-state index is 12.3. The third-order valence-corrected chi connectivity index (χ3v) is 4.06. The third kappa shape index (κ3) is 3.69. The Kier molecular flexibility index (Phi) is 4.49. The predicted octanol–water partition coefficient (Wildman–Crippen LogP) is 3.58. The quantitative estimate of drug-likeness (QED) is 0.902. The zero-order valence-electron chi connectivity index (χ0n) is 12.2. The van der Waals surface area contributed by atoms with E-state index in [1.54, 1.807) is 23.1 Å². The van der Waals surface area contributed by atoms with Gasteiger partial charge >= 0.3 is 0 Å². The molecule has 1 atom stereocenters. The van der Waals surface area contributed by atoms with E-state index < -0.39 is 0 Å². The van der Waals surface area contributed by atoms with E-state index >= 15 is 0 Å². The maximum Gasteiger partial charge on any atom is 0.229 e. The number of amides is 2. The van der Waals surface area contributed by atoms with Gasteiger partial charge in [-0.25, -0.2) is 0 Å². The number of benzene rings is 1. The second-order valence-corrected chi connectivity index (χ2v) is 7.03. The van der Waals surface area contributed by atoms with Crippen LogP contribution in [0.3, 0.4) is 0 Å². The van der Waals surface area contributed by atoms with Crippen molar-refractivity contribution in [2.24, 2.45) is 5.92 Å². The summed E-state index contributed by atoms with van der Waals surface area (Å²) >= 11 is 11.9. The van der Waals surface area contributed by atoms with Gasteiger partial charge in [-0.3, -0.25) is 9.59 Å². The number of rotatable bonds is 2. The molecule has 114 valence electrons. The van der Waals surface area contributed by atoms with Crippen LogP contribution in [0.1, 0.15) is 27.2 Å². The van der Waals surface area contributed by atoms with Crippen LogP contribution in [-0.2, 0) is 9.59 Å². The fraction of sp³-hybridized carbons (Fsp3) is 0.467. The van der Waals surface area contributed by atoms with Crippen LogP contribution < -0.4 is 5.32 Å². The lowest BCUT2D eigenvalue weighted by Gasteiger charge is -2.31. The standard InChI is InChI=1S/C15H18Cl2N2O2/c1-15(2,3)19-8-9(6-13(19)20)14(21)18-12-7-10(16)4-5-11(12)17/h4-5,7,9H,6,8H2,1-3H3,(H,18,21)/t9-/m0/s1. The lowest BCUT2D eigenvalue weighted by Crippen LogP contribution is -2.42. The van der Waals surface area contributed by atoms with Crippen molar-refractivity contribution < 1.29 is 9.59 Å². The van der Waals surface area contributed by atoms with Crippen LogP contribution in [-0.4, -0.2) is 28.8 Å². The Balaban J connectivity index is 2.09. The Hall–Kier alpha value is -1.26. The lowest BCUT2D eigenvalue weighted by atomic mass is 10.1. The number of anilines is 1. The van der Waals surface area contributed by atoms with Crippen LogP contribution >= 0.6 is 23.2 Å². The average Bonchev–Trinajstić information content (AvgIpc) is 2.76. The predicted molar refractivity (Wildman–Crippen MR) is 84.7 cm³/mol. The van der Waals surface area contributed by atoms with E-state index in [1.165, 1.54) is 0 Å². The van der Waals surface area contributed by atoms with Gasteiger partial charge in [0.05, 0.1) is 16.6 Å². The Morgan fingerprint density at radius 2 is 2.00 bits per heavy atom. The van der Waals surface area contributed by atoms with Crippen LogP contribution in [0.5, 0.6) is 0 Å². The highest BCUT2D eigenvalue weighted by Crippen LogP contribution is 2.29. The summed E-state index contributed by atoms with van der Waals surface area (Å²) in [5.41, 5.74) is 0.190. The lowest BCUT2D eigenvalue weighted by molar-refractivity contribution is -0.131. The molecule has 0 spiro atoms. The first kappa shape index (κ1) is 16.1. The molecule has 0 radical (unpaired) electrons. The van der Waals surface area contributed by atoms with Gasteiger partial charge in [-0.2, -0.15) is 0 Å². The summed E-state index contributed by atoms with van der Waals surface area (Å²) in [4.78, 5) is 26.0. The van der Waals surface area contributed by atoms with E-state index in [1.807, 2.05) is 20.8 Å². The molecule has 0 saturated carbocycles. The number of carbonyl (C=O) groups excluding carboxylic acids is 2. The van der Waals surface area contributed by atoms with E-state index in [-0.39, 0.29) is 29.7 Å². The van der Waals surface area contributed by atoms with E-state index in [4.69, 9.17) is 23.2 Å².